The summed E-state index contributed by atoms with van der Waals surface area (Å²) in [5, 5.41) is 0. The number of methoxy groups -OCH3 is 1. The minimum atomic E-state index is -0.115. The van der Waals surface area contributed by atoms with E-state index in [1.54, 1.807) is 0 Å². The third-order valence-corrected chi connectivity index (χ3v) is 3.39. The van der Waals surface area contributed by atoms with E-state index in [1.165, 1.54) is 26.5 Å². The average Bonchev–Trinajstić information content (AvgIpc) is 2.27. The Labute approximate surface area is 98.5 Å². The van der Waals surface area contributed by atoms with E-state index in [9.17, 15) is 4.79 Å². The SMILES string of the molecule is COC(=O)C(C)CN(C)C1CCCN(C)C1. The van der Waals surface area contributed by atoms with Gasteiger partial charge in [0.25, 0.3) is 0 Å². The molecule has 1 aliphatic heterocycles. The molecule has 0 N–H and O–H groups in total. The fraction of sp³-hybridized carbons (Fsp3) is 0.917. The first-order chi connectivity index (χ1) is 7.54. The topological polar surface area (TPSA) is 32.8 Å². The average molecular weight is 228 g/mol. The van der Waals surface area contributed by atoms with Crippen molar-refractivity contribution < 1.29 is 9.53 Å². The van der Waals surface area contributed by atoms with Crippen LogP contribution in [0.2, 0.25) is 0 Å². The summed E-state index contributed by atoms with van der Waals surface area (Å²) in [5.74, 6) is -0.154. The van der Waals surface area contributed by atoms with E-state index in [4.69, 9.17) is 4.74 Å². The molecule has 16 heavy (non-hydrogen) atoms. The smallest absolute Gasteiger partial charge is 0.309 e. The molecule has 2 unspecified atom stereocenters. The van der Waals surface area contributed by atoms with Gasteiger partial charge in [-0.05, 0) is 33.5 Å². The van der Waals surface area contributed by atoms with Crippen molar-refractivity contribution >= 4 is 5.97 Å². The highest BCUT2D eigenvalue weighted by atomic mass is 16.5. The number of carbonyl (C=O) groups is 1. The first kappa shape index (κ1) is 13.5. The Balaban J connectivity index is 2.38. The number of rotatable bonds is 4. The number of piperidine rings is 1. The van der Waals surface area contributed by atoms with Gasteiger partial charge in [0.2, 0.25) is 0 Å². The molecule has 1 fully saturated rings. The van der Waals surface area contributed by atoms with E-state index in [2.05, 4.69) is 23.9 Å². The normalized spacial score (nSPS) is 24.4. The standard InChI is InChI=1S/C12H24N2O2/c1-10(12(15)16-4)8-14(3)11-6-5-7-13(2)9-11/h10-11H,5-9H2,1-4H3. The highest BCUT2D eigenvalue weighted by molar-refractivity contribution is 5.72. The molecule has 0 amide bonds. The highest BCUT2D eigenvalue weighted by Crippen LogP contribution is 2.14. The van der Waals surface area contributed by atoms with Crippen molar-refractivity contribution in [3.8, 4) is 0 Å². The van der Waals surface area contributed by atoms with Crippen molar-refractivity contribution in [2.24, 2.45) is 5.92 Å². The molecule has 1 heterocycles. The number of likely N-dealkylation sites (N-methyl/N-ethyl adjacent to an activating group) is 2. The summed E-state index contributed by atoms with van der Waals surface area (Å²) in [5.41, 5.74) is 0. The van der Waals surface area contributed by atoms with Crippen LogP contribution in [0.1, 0.15) is 19.8 Å². The van der Waals surface area contributed by atoms with E-state index in [-0.39, 0.29) is 11.9 Å². The summed E-state index contributed by atoms with van der Waals surface area (Å²) in [6.45, 7) is 5.00. The summed E-state index contributed by atoms with van der Waals surface area (Å²) in [4.78, 5) is 16.0. The molecule has 4 heteroatoms. The second-order valence-corrected chi connectivity index (χ2v) is 4.92. The quantitative estimate of drug-likeness (QED) is 0.667. The van der Waals surface area contributed by atoms with Gasteiger partial charge in [-0.1, -0.05) is 6.92 Å². The van der Waals surface area contributed by atoms with Crippen LogP contribution >= 0.6 is 0 Å². The summed E-state index contributed by atoms with van der Waals surface area (Å²) >= 11 is 0. The number of ether oxygens (including phenoxy) is 1. The third-order valence-electron chi connectivity index (χ3n) is 3.39. The third kappa shape index (κ3) is 3.76. The van der Waals surface area contributed by atoms with Gasteiger partial charge in [-0.25, -0.2) is 0 Å². The largest absolute Gasteiger partial charge is 0.469 e. The van der Waals surface area contributed by atoms with Crippen LogP contribution < -0.4 is 0 Å². The molecule has 2 atom stereocenters. The van der Waals surface area contributed by atoms with Gasteiger partial charge >= 0.3 is 5.97 Å². The van der Waals surface area contributed by atoms with Gasteiger partial charge in [-0.3, -0.25) is 4.79 Å². The number of esters is 1. The number of likely N-dealkylation sites (tertiary alicyclic amines) is 1. The predicted molar refractivity (Wildman–Crippen MR) is 64.3 cm³/mol. The Morgan fingerprint density at radius 2 is 2.31 bits per heavy atom. The van der Waals surface area contributed by atoms with Gasteiger partial charge in [-0.15, -0.1) is 0 Å². The van der Waals surface area contributed by atoms with E-state index in [0.29, 0.717) is 6.04 Å². The molecule has 0 spiro atoms. The molecule has 0 aromatic carbocycles. The molecule has 4 nitrogen and oxygen atoms in total. The first-order valence-corrected chi connectivity index (χ1v) is 6.01. The minimum Gasteiger partial charge on any atom is -0.469 e. The molecule has 0 aliphatic carbocycles. The van der Waals surface area contributed by atoms with E-state index < -0.39 is 0 Å². The van der Waals surface area contributed by atoms with Crippen LogP contribution in [0.4, 0.5) is 0 Å². The Hall–Kier alpha value is -0.610. The van der Waals surface area contributed by atoms with Gasteiger partial charge < -0.3 is 14.5 Å². The summed E-state index contributed by atoms with van der Waals surface area (Å²) < 4.78 is 4.75. The number of nitrogens with zero attached hydrogens (tertiary/aromatic N) is 2. The van der Waals surface area contributed by atoms with Crippen LogP contribution in [0, 0.1) is 5.92 Å². The van der Waals surface area contributed by atoms with Crippen molar-refractivity contribution in [1.29, 1.82) is 0 Å². The zero-order chi connectivity index (χ0) is 12.1. The van der Waals surface area contributed by atoms with E-state index in [1.807, 2.05) is 6.92 Å². The Morgan fingerprint density at radius 1 is 1.62 bits per heavy atom. The summed E-state index contributed by atoms with van der Waals surface area (Å²) in [6.07, 6.45) is 2.48. The van der Waals surface area contributed by atoms with Crippen LogP contribution in [0.5, 0.6) is 0 Å². The van der Waals surface area contributed by atoms with Crippen LogP contribution in [0.25, 0.3) is 0 Å². The maximum absolute atomic E-state index is 11.3. The van der Waals surface area contributed by atoms with Crippen molar-refractivity contribution in [2.45, 2.75) is 25.8 Å². The van der Waals surface area contributed by atoms with Crippen molar-refractivity contribution in [3.63, 3.8) is 0 Å². The molecule has 1 aliphatic rings. The first-order valence-electron chi connectivity index (χ1n) is 6.01. The van der Waals surface area contributed by atoms with Crippen LogP contribution in [-0.4, -0.2) is 62.7 Å². The van der Waals surface area contributed by atoms with Crippen molar-refractivity contribution in [1.82, 2.24) is 9.80 Å². The summed E-state index contributed by atoms with van der Waals surface area (Å²) in [7, 11) is 5.71. The van der Waals surface area contributed by atoms with Crippen LogP contribution in [0.15, 0.2) is 0 Å². The van der Waals surface area contributed by atoms with Gasteiger partial charge in [0.1, 0.15) is 0 Å². The fourth-order valence-corrected chi connectivity index (χ4v) is 2.36. The lowest BCUT2D eigenvalue weighted by molar-refractivity contribution is -0.145. The molecule has 0 radical (unpaired) electrons. The lowest BCUT2D eigenvalue weighted by Crippen LogP contribution is -2.46. The Bertz CT molecular complexity index is 233. The Kier molecular flexibility index (Phi) is 5.22. The molecule has 0 bridgehead atoms. The molecule has 94 valence electrons. The van der Waals surface area contributed by atoms with Gasteiger partial charge in [0.05, 0.1) is 13.0 Å². The number of carbonyl (C=O) groups excluding carboxylic acids is 1. The van der Waals surface area contributed by atoms with Gasteiger partial charge in [0.15, 0.2) is 0 Å². The lowest BCUT2D eigenvalue weighted by Gasteiger charge is -2.36. The molecule has 1 saturated heterocycles. The minimum absolute atomic E-state index is 0.0396. The molecule has 1 rings (SSSR count). The van der Waals surface area contributed by atoms with Gasteiger partial charge in [0, 0.05) is 19.1 Å². The second kappa shape index (κ2) is 6.21. The molecule has 0 saturated carbocycles. The zero-order valence-electron chi connectivity index (χ0n) is 10.9. The van der Waals surface area contributed by atoms with Crippen molar-refractivity contribution in [3.05, 3.63) is 0 Å². The number of hydrogen-bond donors (Lipinski definition) is 0. The fourth-order valence-electron chi connectivity index (χ4n) is 2.36. The lowest BCUT2D eigenvalue weighted by atomic mass is 10.0. The van der Waals surface area contributed by atoms with E-state index >= 15 is 0 Å². The van der Waals surface area contributed by atoms with Crippen LogP contribution in [0.3, 0.4) is 0 Å². The van der Waals surface area contributed by atoms with Crippen LogP contribution in [-0.2, 0) is 9.53 Å². The predicted octanol–water partition coefficient (Wildman–Crippen LogP) is 0.821. The zero-order valence-corrected chi connectivity index (χ0v) is 10.9. The maximum Gasteiger partial charge on any atom is 0.309 e. The maximum atomic E-state index is 11.3. The van der Waals surface area contributed by atoms with Crippen molar-refractivity contribution in [2.75, 3.05) is 40.8 Å². The molecular formula is C12H24N2O2. The van der Waals surface area contributed by atoms with Gasteiger partial charge in [-0.2, -0.15) is 0 Å². The monoisotopic (exact) mass is 228 g/mol. The second-order valence-electron chi connectivity index (χ2n) is 4.92. The molecule has 0 aromatic rings. The Morgan fingerprint density at radius 3 is 2.88 bits per heavy atom. The number of hydrogen-bond acceptors (Lipinski definition) is 4. The molecular weight excluding hydrogens is 204 g/mol. The summed E-state index contributed by atoms with van der Waals surface area (Å²) in [6, 6.07) is 0.575. The highest BCUT2D eigenvalue weighted by Gasteiger charge is 2.24. The molecule has 0 aromatic heterocycles. The van der Waals surface area contributed by atoms with E-state index in [0.717, 1.165) is 13.1 Å².